The van der Waals surface area contributed by atoms with E-state index in [1.54, 1.807) is 0 Å². The molecule has 0 spiro atoms. The molecule has 15 heavy (non-hydrogen) atoms. The maximum Gasteiger partial charge on any atom is 2.00 e. The Bertz CT molecular complexity index is 99.8. The standard InChI is InChI=1S/C2O6.C2H6OS.3Sn/c3-1(4,5)2(6,7)8;3-1-2-4;;;/h;3-4H,1-2H2;;;/q-6;;3*+2. The molecule has 0 heterocycles. The van der Waals surface area contributed by atoms with Gasteiger partial charge in [0.1, 0.15) is 0 Å². The molecule has 0 aliphatic carbocycles. The molecule has 0 fully saturated rings. The third-order valence-electron chi connectivity index (χ3n) is 0.475. The molecule has 0 aliphatic heterocycles. The van der Waals surface area contributed by atoms with Crippen LogP contribution in [0.4, 0.5) is 0 Å². The van der Waals surface area contributed by atoms with Gasteiger partial charge in [-0.25, -0.2) is 0 Å². The van der Waals surface area contributed by atoms with E-state index >= 15 is 0 Å². The number of hydrogen-bond donors (Lipinski definition) is 2. The van der Waals surface area contributed by atoms with Crippen LogP contribution in [0.25, 0.3) is 0 Å². The Hall–Kier alpha value is 2.47. The minimum atomic E-state index is -4.98. The first-order valence-corrected chi connectivity index (χ1v) is 3.24. The summed E-state index contributed by atoms with van der Waals surface area (Å²) in [6.07, 6.45) is 0. The molecule has 0 unspecified atom stereocenters. The summed E-state index contributed by atoms with van der Waals surface area (Å²) in [5.74, 6) is -9.39. The topological polar surface area (TPSA) is 159 Å². The summed E-state index contributed by atoms with van der Waals surface area (Å²) >= 11 is 3.67. The van der Waals surface area contributed by atoms with Gasteiger partial charge in [0, 0.05) is 5.75 Å². The van der Waals surface area contributed by atoms with E-state index in [0.29, 0.717) is 5.75 Å². The summed E-state index contributed by atoms with van der Waals surface area (Å²) < 4.78 is 0. The monoisotopic (exact) mass is 558 g/mol. The molecule has 7 nitrogen and oxygen atoms in total. The minimum Gasteiger partial charge on any atom is -0.879 e. The second-order valence-electron chi connectivity index (χ2n) is 1.56. The third kappa shape index (κ3) is 22.2. The van der Waals surface area contributed by atoms with Crippen molar-refractivity contribution in [2.24, 2.45) is 0 Å². The van der Waals surface area contributed by atoms with Crippen LogP contribution in [0.5, 0.6) is 0 Å². The summed E-state index contributed by atoms with van der Waals surface area (Å²) in [5.41, 5.74) is 0. The Kier molecular flexibility index (Phi) is 29.5. The van der Waals surface area contributed by atoms with Crippen molar-refractivity contribution in [2.75, 3.05) is 12.4 Å². The quantitative estimate of drug-likeness (QED) is 0.195. The van der Waals surface area contributed by atoms with Crippen molar-refractivity contribution in [2.45, 2.75) is 11.9 Å². The Morgan fingerprint density at radius 3 is 0.933 bits per heavy atom. The largest absolute Gasteiger partial charge is 2.00 e. The first-order valence-electron chi connectivity index (χ1n) is 2.61. The van der Waals surface area contributed by atoms with Gasteiger partial charge in [0.05, 0.1) is 6.61 Å². The van der Waals surface area contributed by atoms with Gasteiger partial charge in [-0.15, -0.1) is 0 Å². The Balaban J connectivity index is -0.0000000424. The van der Waals surface area contributed by atoms with Gasteiger partial charge < -0.3 is 47.7 Å². The molecule has 11 heteroatoms. The van der Waals surface area contributed by atoms with Crippen LogP contribution >= 0.6 is 12.6 Å². The summed E-state index contributed by atoms with van der Waals surface area (Å²) in [6.45, 7) is 0.184. The van der Waals surface area contributed by atoms with Gasteiger partial charge in [-0.2, -0.15) is 12.6 Å². The van der Waals surface area contributed by atoms with Crippen LogP contribution in [0, 0.1) is 0 Å². The molecule has 0 atom stereocenters. The van der Waals surface area contributed by atoms with Crippen LogP contribution in [0.2, 0.25) is 0 Å². The van der Waals surface area contributed by atoms with Crippen LogP contribution < -0.4 is 30.6 Å². The fraction of sp³-hybridized carbons (Fsp3) is 1.00. The van der Waals surface area contributed by atoms with E-state index in [9.17, 15) is 0 Å². The number of aliphatic hydroxyl groups is 1. The van der Waals surface area contributed by atoms with Crippen molar-refractivity contribution < 1.29 is 35.7 Å². The van der Waals surface area contributed by atoms with E-state index < -0.39 is 11.9 Å². The molecule has 1 N–H and O–H groups in total. The van der Waals surface area contributed by atoms with Gasteiger partial charge in [0.15, 0.2) is 0 Å². The van der Waals surface area contributed by atoms with Crippen molar-refractivity contribution in [1.82, 2.24) is 0 Å². The molecule has 0 amide bonds. The zero-order valence-corrected chi connectivity index (χ0v) is 16.7. The van der Waals surface area contributed by atoms with Crippen molar-refractivity contribution in [3.63, 3.8) is 0 Å². The summed E-state index contributed by atoms with van der Waals surface area (Å²) in [4.78, 5) is 0. The zero-order chi connectivity index (χ0) is 10.4. The van der Waals surface area contributed by atoms with Crippen molar-refractivity contribution in [3.05, 3.63) is 0 Å². The van der Waals surface area contributed by atoms with Crippen LogP contribution in [0.1, 0.15) is 0 Å². The predicted molar refractivity (Wildman–Crippen MR) is 43.7 cm³/mol. The van der Waals surface area contributed by atoms with Gasteiger partial charge in [-0.1, -0.05) is 0 Å². The van der Waals surface area contributed by atoms with Crippen molar-refractivity contribution in [1.29, 1.82) is 0 Å². The third-order valence-corrected chi connectivity index (χ3v) is 0.675. The first-order chi connectivity index (χ1) is 5.16. The van der Waals surface area contributed by atoms with E-state index in [2.05, 4.69) is 12.6 Å². The van der Waals surface area contributed by atoms with Crippen molar-refractivity contribution in [3.8, 4) is 0 Å². The molecule has 6 radical (unpaired) electrons. The second-order valence-corrected chi connectivity index (χ2v) is 2.01. The molecule has 0 aromatic carbocycles. The SMILES string of the molecule is OCCS.[O-]C([O-])([O-])C([O-])([O-])[O-].[Sn+2].[Sn+2].[Sn+2]. The predicted octanol–water partition coefficient (Wildman–Crippen LogP) is -8.78. The molecule has 0 saturated heterocycles. The average Bonchev–Trinajstić information content (AvgIpc) is 1.84. The fourth-order valence-corrected chi connectivity index (χ4v) is 0. The van der Waals surface area contributed by atoms with E-state index in [1.807, 2.05) is 0 Å². The maximum absolute atomic E-state index is 9.08. The Labute approximate surface area is 143 Å². The second kappa shape index (κ2) is 14.5. The van der Waals surface area contributed by atoms with Crippen molar-refractivity contribution >= 4 is 84.4 Å². The molecule has 0 aromatic heterocycles. The van der Waals surface area contributed by atoms with Gasteiger partial charge in [0.2, 0.25) is 0 Å². The van der Waals surface area contributed by atoms with Gasteiger partial charge in [0.25, 0.3) is 0 Å². The molecule has 0 aliphatic rings. The van der Waals surface area contributed by atoms with E-state index in [-0.39, 0.29) is 78.3 Å². The maximum atomic E-state index is 9.08. The molecule has 0 rings (SSSR count). The molecule has 0 bridgehead atoms. The Morgan fingerprint density at radius 2 is 0.933 bits per heavy atom. The van der Waals surface area contributed by atoms with Gasteiger partial charge in [-0.3, -0.25) is 0 Å². The van der Waals surface area contributed by atoms with Gasteiger partial charge in [-0.05, 0) is 0 Å². The van der Waals surface area contributed by atoms with Crippen LogP contribution in [0.15, 0.2) is 0 Å². The van der Waals surface area contributed by atoms with Crippen LogP contribution in [-0.4, -0.2) is 101 Å². The average molecular weight is 554 g/mol. The summed E-state index contributed by atoms with van der Waals surface area (Å²) in [7, 11) is 0. The summed E-state index contributed by atoms with van der Waals surface area (Å²) in [6, 6.07) is 0. The molecule has 0 aromatic rings. The fourth-order valence-electron chi connectivity index (χ4n) is 0. The van der Waals surface area contributed by atoms with E-state index in [1.165, 1.54) is 0 Å². The zero-order valence-electron chi connectivity index (χ0n) is 7.26. The van der Waals surface area contributed by atoms with Gasteiger partial charge >= 0.3 is 71.7 Å². The molecular formula is C4H6O7SSn3. The number of thiol groups is 1. The molecule has 0 saturated carbocycles. The summed E-state index contributed by atoms with van der Waals surface area (Å²) in [5, 5.41) is 62.3. The first kappa shape index (κ1) is 30.5. The number of hydrogen-bond acceptors (Lipinski definition) is 8. The van der Waals surface area contributed by atoms with E-state index in [0.717, 1.165) is 0 Å². The number of aliphatic hydroxyl groups excluding tert-OH is 1. The Morgan fingerprint density at radius 1 is 0.800 bits per heavy atom. The van der Waals surface area contributed by atoms with Crippen LogP contribution in [-0.2, 0) is 0 Å². The van der Waals surface area contributed by atoms with E-state index in [4.69, 9.17) is 35.7 Å². The normalized spacial score (nSPS) is 9.60. The minimum absolute atomic E-state index is 0. The van der Waals surface area contributed by atoms with Crippen LogP contribution in [0.3, 0.4) is 0 Å². The molecule has 82 valence electrons. The molecular weight excluding hydrogens is 548 g/mol. The smallest absolute Gasteiger partial charge is 0.879 e. The number of rotatable bonds is 2.